The molecule has 1 rings (SSSR count). The normalized spacial score (nSPS) is 15.2. The number of hydrogen-bond donors (Lipinski definition) is 0. The van der Waals surface area contributed by atoms with Crippen LogP contribution in [0, 0.1) is 5.92 Å². The van der Waals surface area contributed by atoms with Crippen molar-refractivity contribution in [3.8, 4) is 0 Å². The average Bonchev–Trinajstić information content (AvgIpc) is 3.48. The molecule has 154 valence electrons. The third kappa shape index (κ3) is 6.63. The van der Waals surface area contributed by atoms with Crippen LogP contribution in [0.1, 0.15) is 60.8 Å². The van der Waals surface area contributed by atoms with E-state index in [0.717, 1.165) is 35.3 Å². The summed E-state index contributed by atoms with van der Waals surface area (Å²) in [5, 5.41) is 0. The Kier molecular flexibility index (Phi) is 9.10. The Morgan fingerprint density at radius 2 is 1.64 bits per heavy atom. The van der Waals surface area contributed by atoms with Crippen LogP contribution >= 0.6 is 0 Å². The number of rotatable bonds is 9. The lowest BCUT2D eigenvalue weighted by molar-refractivity contribution is -0.143. The van der Waals surface area contributed by atoms with Gasteiger partial charge in [0.1, 0.15) is 5.76 Å². The van der Waals surface area contributed by atoms with Crippen LogP contribution in [0.4, 0.5) is 0 Å². The minimum absolute atomic E-state index is 0.314. The van der Waals surface area contributed by atoms with Gasteiger partial charge in [0.2, 0.25) is 5.91 Å². The van der Waals surface area contributed by atoms with E-state index in [-0.39, 0.29) is 12.3 Å². The van der Waals surface area contributed by atoms with E-state index in [4.69, 9.17) is 4.74 Å². The van der Waals surface area contributed by atoms with Crippen LogP contribution in [-0.2, 0) is 19.1 Å². The van der Waals surface area contributed by atoms with Gasteiger partial charge in [-0.3, -0.25) is 19.3 Å². The number of carbonyl (C=O) groups is 3. The van der Waals surface area contributed by atoms with E-state index in [2.05, 4.69) is 0 Å². The standard InChI is InChI=1S/C23H33NO4/c1-8-9-10-20(17(5)28-7)22(26)14-24(18(6)25)23(27)21(15(2)3)13-16(4)19-11-12-19/h9-10,13,19H,8,11-12,14H2,1-7H3/b10-9-,16-13+,20-17-. The van der Waals surface area contributed by atoms with Crippen molar-refractivity contribution in [3.05, 3.63) is 46.3 Å². The predicted molar refractivity (Wildman–Crippen MR) is 111 cm³/mol. The van der Waals surface area contributed by atoms with Gasteiger partial charge in [0.15, 0.2) is 5.78 Å². The molecule has 0 aliphatic heterocycles. The number of ether oxygens (including phenoxy) is 1. The molecule has 1 aliphatic rings. The van der Waals surface area contributed by atoms with Gasteiger partial charge in [-0.15, -0.1) is 0 Å². The van der Waals surface area contributed by atoms with Crippen LogP contribution in [0.15, 0.2) is 46.3 Å². The third-order valence-electron chi connectivity index (χ3n) is 4.80. The molecule has 0 bridgehead atoms. The molecule has 0 aromatic rings. The van der Waals surface area contributed by atoms with Gasteiger partial charge in [-0.25, -0.2) is 0 Å². The number of amides is 2. The Morgan fingerprint density at radius 1 is 1.04 bits per heavy atom. The van der Waals surface area contributed by atoms with Gasteiger partial charge in [0.25, 0.3) is 5.91 Å². The summed E-state index contributed by atoms with van der Waals surface area (Å²) in [5.41, 5.74) is 2.80. The van der Waals surface area contributed by atoms with Crippen molar-refractivity contribution in [2.24, 2.45) is 5.92 Å². The van der Waals surface area contributed by atoms with Gasteiger partial charge < -0.3 is 4.74 Å². The first-order valence-corrected chi connectivity index (χ1v) is 9.76. The molecule has 28 heavy (non-hydrogen) atoms. The van der Waals surface area contributed by atoms with Gasteiger partial charge >= 0.3 is 0 Å². The van der Waals surface area contributed by atoms with Crippen molar-refractivity contribution < 1.29 is 19.1 Å². The van der Waals surface area contributed by atoms with Crippen molar-refractivity contribution in [3.63, 3.8) is 0 Å². The van der Waals surface area contributed by atoms with Crippen LogP contribution in [0.3, 0.4) is 0 Å². The molecule has 0 aromatic carbocycles. The summed E-state index contributed by atoms with van der Waals surface area (Å²) in [5.74, 6) is -0.244. The molecule has 5 heteroatoms. The molecular weight excluding hydrogens is 354 g/mol. The molecule has 0 unspecified atom stereocenters. The number of methoxy groups -OCH3 is 1. The fraction of sp³-hybridized carbons (Fsp3) is 0.522. The lowest BCUT2D eigenvalue weighted by Gasteiger charge is -2.21. The Labute approximate surface area is 168 Å². The quantitative estimate of drug-likeness (QED) is 0.332. The number of hydrogen-bond acceptors (Lipinski definition) is 4. The highest BCUT2D eigenvalue weighted by atomic mass is 16.5. The van der Waals surface area contributed by atoms with E-state index in [9.17, 15) is 14.4 Å². The van der Waals surface area contributed by atoms with Crippen molar-refractivity contribution in [1.82, 2.24) is 4.90 Å². The van der Waals surface area contributed by atoms with E-state index >= 15 is 0 Å². The minimum atomic E-state index is -0.455. The number of Topliss-reactive ketones (excluding diaryl/α,β-unsaturated/α-hetero) is 1. The van der Waals surface area contributed by atoms with Crippen LogP contribution in [-0.4, -0.2) is 36.2 Å². The first-order valence-electron chi connectivity index (χ1n) is 9.76. The van der Waals surface area contributed by atoms with Crippen molar-refractivity contribution in [2.75, 3.05) is 13.7 Å². The maximum absolute atomic E-state index is 13.1. The molecule has 0 radical (unpaired) electrons. The van der Waals surface area contributed by atoms with E-state index in [1.165, 1.54) is 14.0 Å². The summed E-state index contributed by atoms with van der Waals surface area (Å²) in [6, 6.07) is 0. The second-order valence-corrected chi connectivity index (χ2v) is 7.39. The van der Waals surface area contributed by atoms with E-state index in [1.807, 2.05) is 39.8 Å². The summed E-state index contributed by atoms with van der Waals surface area (Å²) in [6.45, 7) is 10.3. The second-order valence-electron chi connectivity index (χ2n) is 7.39. The molecule has 0 atom stereocenters. The molecule has 1 aliphatic carbocycles. The van der Waals surface area contributed by atoms with Crippen molar-refractivity contribution in [1.29, 1.82) is 0 Å². The van der Waals surface area contributed by atoms with Gasteiger partial charge in [-0.1, -0.05) is 36.3 Å². The molecule has 1 saturated carbocycles. The fourth-order valence-electron chi connectivity index (χ4n) is 2.76. The SMILES string of the molecule is CC/C=C\C(C(=O)CN(C(C)=O)C(=O)C(/C=C(\C)C1CC1)=C(C)C)=C(/C)OC. The number of allylic oxidation sites excluding steroid dienone is 5. The lowest BCUT2D eigenvalue weighted by atomic mass is 10.0. The summed E-state index contributed by atoms with van der Waals surface area (Å²) in [7, 11) is 1.49. The largest absolute Gasteiger partial charge is 0.501 e. The van der Waals surface area contributed by atoms with Crippen molar-refractivity contribution in [2.45, 2.75) is 60.8 Å². The molecule has 0 saturated heterocycles. The molecule has 0 heterocycles. The van der Waals surface area contributed by atoms with Crippen LogP contribution in [0.25, 0.3) is 0 Å². The fourth-order valence-corrected chi connectivity index (χ4v) is 2.76. The van der Waals surface area contributed by atoms with Crippen LogP contribution in [0.2, 0.25) is 0 Å². The second kappa shape index (κ2) is 10.8. The first kappa shape index (κ1) is 23.6. The molecule has 0 aromatic heterocycles. The third-order valence-corrected chi connectivity index (χ3v) is 4.80. The zero-order valence-electron chi connectivity index (χ0n) is 18.2. The minimum Gasteiger partial charge on any atom is -0.501 e. The lowest BCUT2D eigenvalue weighted by Crippen LogP contribution is -2.40. The number of ketones is 1. The predicted octanol–water partition coefficient (Wildman–Crippen LogP) is 4.51. The molecule has 0 spiro atoms. The smallest absolute Gasteiger partial charge is 0.260 e. The van der Waals surface area contributed by atoms with Crippen LogP contribution < -0.4 is 0 Å². The average molecular weight is 388 g/mol. The highest BCUT2D eigenvalue weighted by Crippen LogP contribution is 2.36. The van der Waals surface area contributed by atoms with Gasteiger partial charge in [-0.05, 0) is 52.9 Å². The first-order chi connectivity index (χ1) is 13.1. The summed E-state index contributed by atoms with van der Waals surface area (Å²) < 4.78 is 5.20. The Balaban J connectivity index is 3.18. The molecule has 0 N–H and O–H groups in total. The maximum atomic E-state index is 13.1. The zero-order chi connectivity index (χ0) is 21.4. The van der Waals surface area contributed by atoms with E-state index in [1.54, 1.807) is 13.0 Å². The highest BCUT2D eigenvalue weighted by Gasteiger charge is 2.28. The van der Waals surface area contributed by atoms with Crippen LogP contribution in [0.5, 0.6) is 0 Å². The Hall–Kier alpha value is -2.43. The molecule has 2 amide bonds. The van der Waals surface area contributed by atoms with Gasteiger partial charge in [-0.2, -0.15) is 0 Å². The van der Waals surface area contributed by atoms with Gasteiger partial charge in [0.05, 0.1) is 19.2 Å². The van der Waals surface area contributed by atoms with E-state index in [0.29, 0.717) is 22.8 Å². The number of nitrogens with zero attached hydrogens (tertiary/aromatic N) is 1. The molecule has 1 fully saturated rings. The number of imide groups is 1. The summed E-state index contributed by atoms with van der Waals surface area (Å²) in [4.78, 5) is 39.2. The van der Waals surface area contributed by atoms with Crippen molar-refractivity contribution >= 4 is 17.6 Å². The monoisotopic (exact) mass is 387 g/mol. The summed E-state index contributed by atoms with van der Waals surface area (Å²) in [6.07, 6.45) is 8.42. The Morgan fingerprint density at radius 3 is 2.07 bits per heavy atom. The van der Waals surface area contributed by atoms with E-state index < -0.39 is 11.8 Å². The maximum Gasteiger partial charge on any atom is 0.260 e. The molecular formula is C23H33NO4. The van der Waals surface area contributed by atoms with Gasteiger partial charge in [0, 0.05) is 12.5 Å². The summed E-state index contributed by atoms with van der Waals surface area (Å²) >= 11 is 0. The molecule has 5 nitrogen and oxygen atoms in total. The highest BCUT2D eigenvalue weighted by molar-refractivity contribution is 6.10. The number of carbonyl (C=O) groups excluding carboxylic acids is 3. The topological polar surface area (TPSA) is 63.7 Å². The zero-order valence-corrected chi connectivity index (χ0v) is 18.2. The Bertz CT molecular complexity index is 745.